The van der Waals surface area contributed by atoms with Crippen LogP contribution >= 0.6 is 11.3 Å². The molecular weight excluding hydrogens is 462 g/mol. The van der Waals surface area contributed by atoms with Crippen molar-refractivity contribution in [2.24, 2.45) is 0 Å². The molecule has 0 saturated carbocycles. The number of benzene rings is 2. The molecule has 0 aliphatic carbocycles. The molecule has 35 heavy (non-hydrogen) atoms. The number of carbonyl (C=O) groups is 2. The summed E-state index contributed by atoms with van der Waals surface area (Å²) in [4.78, 5) is 36.7. The molecule has 8 nitrogen and oxygen atoms in total. The predicted octanol–water partition coefficient (Wildman–Crippen LogP) is 2.41. The topological polar surface area (TPSA) is 78.0 Å². The molecule has 0 spiro atoms. The van der Waals surface area contributed by atoms with Crippen LogP contribution in [0.3, 0.4) is 0 Å². The number of nitrogens with zero attached hydrogens (tertiary/aromatic N) is 4. The van der Waals surface area contributed by atoms with Crippen LogP contribution in [0.2, 0.25) is 0 Å². The number of hydrogen-bond donors (Lipinski definition) is 1. The van der Waals surface area contributed by atoms with E-state index in [0.29, 0.717) is 17.7 Å². The zero-order valence-corrected chi connectivity index (χ0v) is 20.9. The van der Waals surface area contributed by atoms with E-state index in [4.69, 9.17) is 9.72 Å². The normalized spacial score (nSPS) is 17.6. The van der Waals surface area contributed by atoms with Gasteiger partial charge in [-0.3, -0.25) is 14.5 Å². The first-order valence-electron chi connectivity index (χ1n) is 12.1. The number of piperazine rings is 1. The average Bonchev–Trinajstić information content (AvgIpc) is 3.33. The number of amides is 2. The Bertz CT molecular complexity index is 1180. The quantitative estimate of drug-likeness (QED) is 0.568. The van der Waals surface area contributed by atoms with Crippen LogP contribution in [0.1, 0.15) is 20.7 Å². The number of morpholine rings is 1. The van der Waals surface area contributed by atoms with E-state index in [2.05, 4.69) is 22.2 Å². The maximum atomic E-state index is 12.8. The number of hydrogen-bond acceptors (Lipinski definition) is 7. The van der Waals surface area contributed by atoms with Crippen molar-refractivity contribution in [3.05, 3.63) is 53.6 Å². The monoisotopic (exact) mass is 493 g/mol. The van der Waals surface area contributed by atoms with Gasteiger partial charge in [0, 0.05) is 69.0 Å². The van der Waals surface area contributed by atoms with Gasteiger partial charge in [-0.05, 0) is 37.4 Å². The fourth-order valence-electron chi connectivity index (χ4n) is 4.39. The van der Waals surface area contributed by atoms with E-state index in [1.807, 2.05) is 47.4 Å². The minimum absolute atomic E-state index is 0.0677. The molecule has 1 N–H and O–H groups in total. The number of thiazole rings is 1. The van der Waals surface area contributed by atoms with E-state index < -0.39 is 0 Å². The van der Waals surface area contributed by atoms with Gasteiger partial charge in [0.2, 0.25) is 0 Å². The molecule has 5 rings (SSSR count). The molecule has 2 fully saturated rings. The van der Waals surface area contributed by atoms with Crippen LogP contribution in [-0.2, 0) is 4.74 Å². The Balaban J connectivity index is 1.22. The van der Waals surface area contributed by atoms with E-state index in [0.717, 1.165) is 79.8 Å². The summed E-state index contributed by atoms with van der Waals surface area (Å²) in [7, 11) is 2.08. The van der Waals surface area contributed by atoms with Crippen molar-refractivity contribution < 1.29 is 14.3 Å². The molecule has 2 amide bonds. The van der Waals surface area contributed by atoms with Crippen molar-refractivity contribution in [1.29, 1.82) is 0 Å². The third-order valence-electron chi connectivity index (χ3n) is 6.64. The molecule has 0 bridgehead atoms. The van der Waals surface area contributed by atoms with Gasteiger partial charge in [-0.15, -0.1) is 11.3 Å². The summed E-state index contributed by atoms with van der Waals surface area (Å²) in [6, 6.07) is 13.3. The first-order valence-corrected chi connectivity index (χ1v) is 13.0. The number of nitrogens with one attached hydrogen (secondary N) is 1. The molecule has 184 valence electrons. The molecule has 2 aliphatic heterocycles. The lowest BCUT2D eigenvalue weighted by Crippen LogP contribution is -2.47. The Hall–Kier alpha value is -2.85. The first-order chi connectivity index (χ1) is 17.1. The zero-order chi connectivity index (χ0) is 24.2. The maximum absolute atomic E-state index is 12.8. The Morgan fingerprint density at radius 3 is 2.43 bits per heavy atom. The second-order valence-corrected chi connectivity index (χ2v) is 10.1. The van der Waals surface area contributed by atoms with Crippen LogP contribution in [0.25, 0.3) is 20.8 Å². The highest BCUT2D eigenvalue weighted by atomic mass is 32.1. The smallest absolute Gasteiger partial charge is 0.253 e. The van der Waals surface area contributed by atoms with Gasteiger partial charge in [-0.25, -0.2) is 4.98 Å². The predicted molar refractivity (Wildman–Crippen MR) is 138 cm³/mol. The molecule has 3 aromatic rings. The number of aromatic nitrogens is 1. The Labute approximate surface area is 209 Å². The Kier molecular flexibility index (Phi) is 7.38. The molecule has 0 atom stereocenters. The van der Waals surface area contributed by atoms with Crippen LogP contribution in [0, 0.1) is 0 Å². The van der Waals surface area contributed by atoms with Crippen LogP contribution in [0.4, 0.5) is 0 Å². The molecule has 2 saturated heterocycles. The molecule has 3 heterocycles. The minimum Gasteiger partial charge on any atom is -0.379 e. The summed E-state index contributed by atoms with van der Waals surface area (Å²) in [6.45, 7) is 8.12. The van der Waals surface area contributed by atoms with Gasteiger partial charge in [0.1, 0.15) is 5.01 Å². The second kappa shape index (κ2) is 10.8. The molecular formula is C26H31N5O3S. The minimum atomic E-state index is -0.0677. The number of ether oxygens (including phenoxy) is 1. The summed E-state index contributed by atoms with van der Waals surface area (Å²) in [5.74, 6) is 0.0140. The lowest BCUT2D eigenvalue weighted by molar-refractivity contribution is 0.0383. The third kappa shape index (κ3) is 5.70. The molecule has 0 radical (unpaired) electrons. The number of carbonyl (C=O) groups excluding carboxylic acids is 2. The van der Waals surface area contributed by atoms with Crippen molar-refractivity contribution in [2.75, 3.05) is 72.6 Å². The van der Waals surface area contributed by atoms with E-state index >= 15 is 0 Å². The van der Waals surface area contributed by atoms with E-state index in [-0.39, 0.29) is 11.8 Å². The van der Waals surface area contributed by atoms with Crippen molar-refractivity contribution in [2.45, 2.75) is 0 Å². The zero-order valence-electron chi connectivity index (χ0n) is 20.0. The lowest BCUT2D eigenvalue weighted by Gasteiger charge is -2.32. The highest BCUT2D eigenvalue weighted by Gasteiger charge is 2.20. The Morgan fingerprint density at radius 1 is 0.971 bits per heavy atom. The molecule has 2 aliphatic rings. The highest BCUT2D eigenvalue weighted by Crippen LogP contribution is 2.31. The second-order valence-electron chi connectivity index (χ2n) is 9.08. The lowest BCUT2D eigenvalue weighted by atomic mass is 10.1. The molecule has 0 unspecified atom stereocenters. The summed E-state index contributed by atoms with van der Waals surface area (Å²) in [6.07, 6.45) is 0. The van der Waals surface area contributed by atoms with Gasteiger partial charge >= 0.3 is 0 Å². The van der Waals surface area contributed by atoms with Crippen LogP contribution in [-0.4, -0.2) is 104 Å². The average molecular weight is 494 g/mol. The van der Waals surface area contributed by atoms with Gasteiger partial charge in [0.15, 0.2) is 0 Å². The van der Waals surface area contributed by atoms with Gasteiger partial charge < -0.3 is 19.9 Å². The van der Waals surface area contributed by atoms with Gasteiger partial charge in [-0.2, -0.15) is 0 Å². The summed E-state index contributed by atoms with van der Waals surface area (Å²) >= 11 is 1.56. The van der Waals surface area contributed by atoms with Crippen LogP contribution in [0.15, 0.2) is 42.5 Å². The van der Waals surface area contributed by atoms with Crippen molar-refractivity contribution >= 4 is 33.4 Å². The van der Waals surface area contributed by atoms with Gasteiger partial charge in [0.25, 0.3) is 11.8 Å². The molecule has 2 aromatic carbocycles. The van der Waals surface area contributed by atoms with Crippen LogP contribution in [0.5, 0.6) is 0 Å². The van der Waals surface area contributed by atoms with Gasteiger partial charge in [-0.1, -0.05) is 12.1 Å². The summed E-state index contributed by atoms with van der Waals surface area (Å²) < 4.78 is 6.33. The summed E-state index contributed by atoms with van der Waals surface area (Å²) in [5, 5.41) is 3.90. The largest absolute Gasteiger partial charge is 0.379 e. The van der Waals surface area contributed by atoms with E-state index in [1.54, 1.807) is 11.3 Å². The van der Waals surface area contributed by atoms with Crippen molar-refractivity contribution in [1.82, 2.24) is 25.0 Å². The van der Waals surface area contributed by atoms with Gasteiger partial charge in [0.05, 0.1) is 23.4 Å². The maximum Gasteiger partial charge on any atom is 0.253 e. The third-order valence-corrected chi connectivity index (χ3v) is 7.70. The highest BCUT2D eigenvalue weighted by molar-refractivity contribution is 7.21. The summed E-state index contributed by atoms with van der Waals surface area (Å²) in [5.41, 5.74) is 3.18. The Morgan fingerprint density at radius 2 is 1.69 bits per heavy atom. The fourth-order valence-corrected chi connectivity index (χ4v) is 5.40. The molecule has 9 heteroatoms. The number of likely N-dealkylation sites (N-methyl/N-ethyl adjacent to an activating group) is 1. The molecule has 1 aromatic heterocycles. The van der Waals surface area contributed by atoms with E-state index in [1.165, 1.54) is 0 Å². The fraction of sp³-hybridized carbons (Fsp3) is 0.423. The van der Waals surface area contributed by atoms with E-state index in [9.17, 15) is 9.59 Å². The SMILES string of the molecule is CN1CCN(C(=O)c2ccc(-c3nc4ccc(C(=O)NCCN5CCOCC5)cc4s3)cc2)CC1. The number of fused-ring (bicyclic) bond motifs is 1. The van der Waals surface area contributed by atoms with Crippen molar-refractivity contribution in [3.63, 3.8) is 0 Å². The standard InChI is InChI=1S/C26H31N5O3S/c1-29-10-12-31(13-11-29)26(33)20-4-2-19(3-5-20)25-28-22-7-6-21(18-23(22)35-25)24(32)27-8-9-30-14-16-34-17-15-30/h2-7,18H,8-17H2,1H3,(H,27,32). The van der Waals surface area contributed by atoms with Crippen molar-refractivity contribution in [3.8, 4) is 10.6 Å². The van der Waals surface area contributed by atoms with Crippen LogP contribution < -0.4 is 5.32 Å². The first kappa shape index (κ1) is 23.9. The number of rotatable bonds is 6.